The van der Waals surface area contributed by atoms with Crippen molar-refractivity contribution in [2.45, 2.75) is 32.1 Å². The number of ether oxygens (including phenoxy) is 1. The zero-order valence-corrected chi connectivity index (χ0v) is 22.9. The first kappa shape index (κ1) is 26.7. The van der Waals surface area contributed by atoms with Crippen LogP contribution in [0.3, 0.4) is 0 Å². The third kappa shape index (κ3) is 7.58. The maximum atomic E-state index is 11.4. The molecule has 0 radical (unpaired) electrons. The number of aromatic nitrogens is 2. The van der Waals surface area contributed by atoms with Gasteiger partial charge in [0.2, 0.25) is 5.91 Å². The lowest BCUT2D eigenvalue weighted by Gasteiger charge is -2.28. The van der Waals surface area contributed by atoms with Gasteiger partial charge in [-0.2, -0.15) is 5.10 Å². The Morgan fingerprint density at radius 2 is 1.69 bits per heavy atom. The van der Waals surface area contributed by atoms with E-state index in [1.165, 1.54) is 43.5 Å². The molecule has 6 nitrogen and oxygen atoms in total. The number of hydrogen-bond donors (Lipinski definition) is 2. The Kier molecular flexibility index (Phi) is 8.74. The Hall–Kier alpha value is -3.90. The number of piperidine rings is 1. The number of fused-ring (bicyclic) bond motifs is 1. The van der Waals surface area contributed by atoms with E-state index in [0.717, 1.165) is 46.8 Å². The van der Waals surface area contributed by atoms with E-state index >= 15 is 0 Å². The van der Waals surface area contributed by atoms with Crippen molar-refractivity contribution in [1.29, 1.82) is 0 Å². The van der Waals surface area contributed by atoms with Gasteiger partial charge >= 0.3 is 0 Å². The van der Waals surface area contributed by atoms with Crippen molar-refractivity contribution in [2.75, 3.05) is 32.6 Å². The Morgan fingerprint density at radius 1 is 0.974 bits per heavy atom. The topological polar surface area (TPSA) is 70.2 Å². The molecule has 1 aromatic heterocycles. The summed E-state index contributed by atoms with van der Waals surface area (Å²) < 4.78 is 5.02. The normalized spacial score (nSPS) is 16.2. The van der Waals surface area contributed by atoms with Gasteiger partial charge in [0.05, 0.1) is 18.3 Å². The van der Waals surface area contributed by atoms with Gasteiger partial charge in [0.15, 0.2) is 0 Å². The molecule has 39 heavy (non-hydrogen) atoms. The SMILES string of the molecule is CN1CCC(Cc2ccc(/C=C/c3n[nH]c4ccccc34)cc2)CC1.COc1ccc(NC(=O)C2CC2)cc1. The van der Waals surface area contributed by atoms with E-state index in [1.807, 2.05) is 36.4 Å². The van der Waals surface area contributed by atoms with Crippen LogP contribution in [-0.4, -0.2) is 48.3 Å². The molecule has 1 aliphatic carbocycles. The molecule has 0 spiro atoms. The van der Waals surface area contributed by atoms with Crippen molar-refractivity contribution >= 4 is 34.6 Å². The molecule has 0 bridgehead atoms. The minimum Gasteiger partial charge on any atom is -0.497 e. The summed E-state index contributed by atoms with van der Waals surface area (Å²) in [5.41, 5.74) is 5.58. The van der Waals surface area contributed by atoms with E-state index in [4.69, 9.17) is 4.74 Å². The predicted octanol–water partition coefficient (Wildman–Crippen LogP) is 6.66. The summed E-state index contributed by atoms with van der Waals surface area (Å²) in [6, 6.07) is 24.6. The van der Waals surface area contributed by atoms with Gasteiger partial charge in [0, 0.05) is 17.0 Å². The fourth-order valence-electron chi connectivity index (χ4n) is 4.92. The maximum absolute atomic E-state index is 11.4. The van der Waals surface area contributed by atoms with Crippen LogP contribution in [0.1, 0.15) is 42.5 Å². The number of para-hydroxylation sites is 1. The number of rotatable bonds is 7. The molecule has 2 aliphatic rings. The van der Waals surface area contributed by atoms with Crippen molar-refractivity contribution < 1.29 is 9.53 Å². The number of carbonyl (C=O) groups is 1. The number of amides is 1. The van der Waals surface area contributed by atoms with Gasteiger partial charge in [-0.1, -0.05) is 48.5 Å². The van der Waals surface area contributed by atoms with E-state index in [9.17, 15) is 4.79 Å². The summed E-state index contributed by atoms with van der Waals surface area (Å²) in [4.78, 5) is 13.8. The highest BCUT2D eigenvalue weighted by Crippen LogP contribution is 2.30. The highest BCUT2D eigenvalue weighted by Gasteiger charge is 2.29. The zero-order valence-electron chi connectivity index (χ0n) is 22.9. The number of H-pyrrole nitrogens is 1. The number of benzene rings is 3. The van der Waals surface area contributed by atoms with Crippen LogP contribution < -0.4 is 10.1 Å². The van der Waals surface area contributed by atoms with Crippen molar-refractivity contribution in [3.8, 4) is 5.75 Å². The average molecular weight is 523 g/mol. The van der Waals surface area contributed by atoms with Crippen LogP contribution in [0.15, 0.2) is 72.8 Å². The van der Waals surface area contributed by atoms with Crippen LogP contribution in [0.25, 0.3) is 23.1 Å². The number of nitrogens with zero attached hydrogens (tertiary/aromatic N) is 2. The van der Waals surface area contributed by atoms with Gasteiger partial charge in [0.25, 0.3) is 0 Å². The van der Waals surface area contributed by atoms with Crippen molar-refractivity contribution in [1.82, 2.24) is 15.1 Å². The Labute approximate surface area is 231 Å². The molecule has 202 valence electrons. The Bertz CT molecular complexity index is 1380. The first-order valence-corrected chi connectivity index (χ1v) is 13.9. The van der Waals surface area contributed by atoms with Gasteiger partial charge in [-0.25, -0.2) is 0 Å². The zero-order chi connectivity index (χ0) is 27.0. The number of nitrogens with one attached hydrogen (secondary N) is 2. The van der Waals surface area contributed by atoms with Crippen LogP contribution in [0.4, 0.5) is 5.69 Å². The highest BCUT2D eigenvalue weighted by atomic mass is 16.5. The maximum Gasteiger partial charge on any atom is 0.227 e. The molecule has 2 N–H and O–H groups in total. The largest absolute Gasteiger partial charge is 0.497 e. The molecule has 0 unspecified atom stereocenters. The molecule has 6 rings (SSSR count). The van der Waals surface area contributed by atoms with Crippen molar-refractivity contribution in [3.05, 3.63) is 89.6 Å². The number of aromatic amines is 1. The van der Waals surface area contributed by atoms with Crippen LogP contribution in [-0.2, 0) is 11.2 Å². The molecular formula is C33H38N4O2. The molecule has 1 saturated carbocycles. The molecule has 6 heteroatoms. The van der Waals surface area contributed by atoms with E-state index in [2.05, 4.69) is 76.0 Å². The summed E-state index contributed by atoms with van der Waals surface area (Å²) in [5.74, 6) is 2.02. The van der Waals surface area contributed by atoms with Gasteiger partial charge in [-0.15, -0.1) is 0 Å². The van der Waals surface area contributed by atoms with Crippen LogP contribution >= 0.6 is 0 Å². The van der Waals surface area contributed by atoms with Crippen molar-refractivity contribution in [2.24, 2.45) is 11.8 Å². The van der Waals surface area contributed by atoms with E-state index < -0.39 is 0 Å². The van der Waals surface area contributed by atoms with Gasteiger partial charge in [-0.05, 0) is 106 Å². The van der Waals surface area contributed by atoms with Crippen molar-refractivity contribution in [3.63, 3.8) is 0 Å². The fraction of sp³-hybridized carbons (Fsp3) is 0.333. The lowest BCUT2D eigenvalue weighted by atomic mass is 9.90. The molecule has 3 aromatic carbocycles. The number of carbonyl (C=O) groups excluding carboxylic acids is 1. The van der Waals surface area contributed by atoms with E-state index in [1.54, 1.807) is 7.11 Å². The van der Waals surface area contributed by atoms with Gasteiger partial charge in [-0.3, -0.25) is 9.89 Å². The number of likely N-dealkylation sites (tertiary alicyclic amines) is 1. The van der Waals surface area contributed by atoms with Crippen LogP contribution in [0.2, 0.25) is 0 Å². The Morgan fingerprint density at radius 3 is 2.38 bits per heavy atom. The molecule has 1 amide bonds. The summed E-state index contributed by atoms with van der Waals surface area (Å²) in [5, 5.41) is 11.5. The minimum atomic E-state index is 0.134. The second-order valence-electron chi connectivity index (χ2n) is 10.7. The second kappa shape index (κ2) is 12.8. The molecule has 1 saturated heterocycles. The predicted molar refractivity (Wildman–Crippen MR) is 160 cm³/mol. The molecular weight excluding hydrogens is 484 g/mol. The molecule has 2 heterocycles. The fourth-order valence-corrected chi connectivity index (χ4v) is 4.92. The molecule has 2 fully saturated rings. The van der Waals surface area contributed by atoms with E-state index in [-0.39, 0.29) is 11.8 Å². The lowest BCUT2D eigenvalue weighted by molar-refractivity contribution is -0.117. The monoisotopic (exact) mass is 522 g/mol. The molecule has 0 atom stereocenters. The number of hydrogen-bond acceptors (Lipinski definition) is 4. The van der Waals surface area contributed by atoms with E-state index in [0.29, 0.717) is 0 Å². The average Bonchev–Trinajstić information content (AvgIpc) is 3.75. The lowest BCUT2D eigenvalue weighted by Crippen LogP contribution is -2.30. The summed E-state index contributed by atoms with van der Waals surface area (Å²) >= 11 is 0. The molecule has 4 aromatic rings. The number of methoxy groups -OCH3 is 1. The quantitative estimate of drug-likeness (QED) is 0.285. The summed E-state index contributed by atoms with van der Waals surface area (Å²) in [6.45, 7) is 2.48. The van der Waals surface area contributed by atoms with Gasteiger partial charge < -0.3 is 15.0 Å². The third-order valence-corrected chi connectivity index (χ3v) is 7.58. The summed E-state index contributed by atoms with van der Waals surface area (Å²) in [6.07, 6.45) is 10.1. The van der Waals surface area contributed by atoms with Crippen LogP contribution in [0, 0.1) is 11.8 Å². The highest BCUT2D eigenvalue weighted by molar-refractivity contribution is 5.94. The second-order valence-corrected chi connectivity index (χ2v) is 10.7. The third-order valence-electron chi connectivity index (χ3n) is 7.58. The summed E-state index contributed by atoms with van der Waals surface area (Å²) in [7, 11) is 3.84. The first-order chi connectivity index (χ1) is 19.1. The number of anilines is 1. The first-order valence-electron chi connectivity index (χ1n) is 13.9. The Balaban J connectivity index is 0.000000186. The standard InChI is InChI=1S/C22H25N3.C11H13NO2/c1-25-14-12-19(13-15-25)16-18-8-6-17(7-9-18)10-11-22-20-4-2-3-5-21(20)23-24-22;1-14-10-6-4-9(5-7-10)12-11(13)8-2-3-8/h2-11,19H,12-16H2,1H3,(H,23,24);4-8H,2-3H2,1H3,(H,12,13)/b11-10+;. The van der Waals surface area contributed by atoms with Crippen LogP contribution in [0.5, 0.6) is 5.75 Å². The minimum absolute atomic E-state index is 0.134. The molecule has 1 aliphatic heterocycles. The smallest absolute Gasteiger partial charge is 0.227 e. The van der Waals surface area contributed by atoms with Gasteiger partial charge in [0.1, 0.15) is 5.75 Å².